The van der Waals surface area contributed by atoms with Gasteiger partial charge in [0, 0.05) is 6.54 Å². The molecule has 0 saturated carbocycles. The molecule has 130 valence electrons. The van der Waals surface area contributed by atoms with Crippen LogP contribution < -0.4 is 0 Å². The average molecular weight is 358 g/mol. The van der Waals surface area contributed by atoms with E-state index in [-0.39, 0.29) is 17.8 Å². The first kappa shape index (κ1) is 16.2. The Hall–Kier alpha value is -2.28. The minimum Gasteiger partial charge on any atom is -0.340 e. The van der Waals surface area contributed by atoms with E-state index in [2.05, 4.69) is 15.0 Å². The van der Waals surface area contributed by atoms with Gasteiger partial charge in [0.25, 0.3) is 5.91 Å². The summed E-state index contributed by atoms with van der Waals surface area (Å²) in [6.07, 6.45) is 2.87. The minimum atomic E-state index is -0.296. The summed E-state index contributed by atoms with van der Waals surface area (Å²) in [5, 5.41) is 0.897. The Kier molecular flexibility index (Phi) is 4.03. The number of rotatable bonds is 2. The van der Waals surface area contributed by atoms with Gasteiger partial charge in [-0.2, -0.15) is 0 Å². The molecule has 1 unspecified atom stereocenters. The number of hydrogen-bond acceptors (Lipinski definition) is 4. The van der Waals surface area contributed by atoms with E-state index < -0.39 is 0 Å². The fourth-order valence-corrected chi connectivity index (χ4v) is 4.35. The monoisotopic (exact) mass is 358 g/mol. The van der Waals surface area contributed by atoms with Gasteiger partial charge in [0.15, 0.2) is 0 Å². The van der Waals surface area contributed by atoms with E-state index in [1.54, 1.807) is 6.07 Å². The van der Waals surface area contributed by atoms with Crippen LogP contribution in [0.2, 0.25) is 0 Å². The van der Waals surface area contributed by atoms with Gasteiger partial charge in [-0.05, 0) is 51.3 Å². The Bertz CT molecular complexity index is 948. The number of nitrogens with one attached hydrogen (secondary N) is 1. The van der Waals surface area contributed by atoms with Crippen LogP contribution in [0.4, 0.5) is 4.39 Å². The molecule has 1 atom stereocenters. The quantitative estimate of drug-likeness (QED) is 0.749. The molecular formula is C18H19FN4OS. The molecule has 25 heavy (non-hydrogen) atoms. The van der Waals surface area contributed by atoms with Crippen molar-refractivity contribution >= 4 is 28.3 Å². The highest BCUT2D eigenvalue weighted by Gasteiger charge is 2.32. The number of H-pyrrole nitrogens is 1. The zero-order valence-electron chi connectivity index (χ0n) is 14.2. The molecule has 1 aromatic carbocycles. The van der Waals surface area contributed by atoms with Crippen molar-refractivity contribution in [3.8, 4) is 0 Å². The van der Waals surface area contributed by atoms with Crippen LogP contribution in [-0.4, -0.2) is 32.3 Å². The molecular weight excluding hydrogens is 339 g/mol. The van der Waals surface area contributed by atoms with Gasteiger partial charge in [0.1, 0.15) is 16.5 Å². The van der Waals surface area contributed by atoms with Crippen molar-refractivity contribution in [1.82, 2.24) is 19.9 Å². The van der Waals surface area contributed by atoms with Crippen LogP contribution in [0.5, 0.6) is 0 Å². The zero-order chi connectivity index (χ0) is 17.6. The Morgan fingerprint density at radius 2 is 2.16 bits per heavy atom. The molecule has 7 heteroatoms. The fraction of sp³-hybridized carbons (Fsp3) is 0.389. The first-order chi connectivity index (χ1) is 12.0. The standard InChI is InChI=1S/C18H19FN4OS/c1-10-16(25-11(2)20-10)18(24)23-8-4-3-5-15(23)17-21-13-7-6-12(19)9-14(13)22-17/h6-7,9,15H,3-5,8H2,1-2H3,(H,21,22). The van der Waals surface area contributed by atoms with Crippen LogP contribution >= 0.6 is 11.3 Å². The number of aromatic amines is 1. The van der Waals surface area contributed by atoms with Crippen molar-refractivity contribution in [3.63, 3.8) is 0 Å². The van der Waals surface area contributed by atoms with Crippen LogP contribution in [0.3, 0.4) is 0 Å². The van der Waals surface area contributed by atoms with Gasteiger partial charge in [0.2, 0.25) is 0 Å². The Morgan fingerprint density at radius 1 is 1.32 bits per heavy atom. The highest BCUT2D eigenvalue weighted by atomic mass is 32.1. The van der Waals surface area contributed by atoms with Gasteiger partial charge >= 0.3 is 0 Å². The first-order valence-corrected chi connectivity index (χ1v) is 9.25. The number of benzene rings is 1. The molecule has 1 N–H and O–H groups in total. The zero-order valence-corrected chi connectivity index (χ0v) is 15.0. The molecule has 0 aliphatic carbocycles. The lowest BCUT2D eigenvalue weighted by Gasteiger charge is -2.34. The van der Waals surface area contributed by atoms with Crippen molar-refractivity contribution in [1.29, 1.82) is 0 Å². The number of imidazole rings is 1. The number of hydrogen-bond donors (Lipinski definition) is 1. The largest absolute Gasteiger partial charge is 0.340 e. The van der Waals surface area contributed by atoms with E-state index in [0.717, 1.165) is 41.3 Å². The van der Waals surface area contributed by atoms with Gasteiger partial charge in [-0.1, -0.05) is 0 Å². The lowest BCUT2D eigenvalue weighted by atomic mass is 10.0. The molecule has 2 aromatic heterocycles. The molecule has 3 heterocycles. The summed E-state index contributed by atoms with van der Waals surface area (Å²) in [5.41, 5.74) is 2.17. The third-order valence-electron chi connectivity index (χ3n) is 4.64. The topological polar surface area (TPSA) is 61.9 Å². The number of nitrogens with zero attached hydrogens (tertiary/aromatic N) is 3. The summed E-state index contributed by atoms with van der Waals surface area (Å²) in [4.78, 5) is 27.9. The van der Waals surface area contributed by atoms with E-state index in [1.165, 1.54) is 23.5 Å². The Balaban J connectivity index is 1.70. The molecule has 1 fully saturated rings. The number of halogens is 1. The maximum Gasteiger partial charge on any atom is 0.266 e. The lowest BCUT2D eigenvalue weighted by molar-refractivity contribution is 0.0605. The number of piperidine rings is 1. The van der Waals surface area contributed by atoms with Gasteiger partial charge in [0.05, 0.1) is 27.8 Å². The highest BCUT2D eigenvalue weighted by Crippen LogP contribution is 2.33. The molecule has 0 radical (unpaired) electrons. The Labute approximate surface area is 148 Å². The molecule has 1 aliphatic heterocycles. The highest BCUT2D eigenvalue weighted by molar-refractivity contribution is 7.13. The number of fused-ring (bicyclic) bond motifs is 1. The molecule has 1 amide bonds. The molecule has 0 bridgehead atoms. The van der Waals surface area contributed by atoms with Crippen LogP contribution in [0.1, 0.15) is 51.5 Å². The van der Waals surface area contributed by atoms with Crippen LogP contribution in [0.25, 0.3) is 11.0 Å². The second-order valence-corrected chi connectivity index (χ2v) is 7.64. The smallest absolute Gasteiger partial charge is 0.266 e. The van der Waals surface area contributed by atoms with Gasteiger partial charge in [-0.3, -0.25) is 4.79 Å². The maximum absolute atomic E-state index is 13.4. The number of likely N-dealkylation sites (tertiary alicyclic amines) is 1. The van der Waals surface area contributed by atoms with E-state index >= 15 is 0 Å². The second-order valence-electron chi connectivity index (χ2n) is 6.44. The summed E-state index contributed by atoms with van der Waals surface area (Å²) in [6, 6.07) is 4.40. The normalized spacial score (nSPS) is 18.0. The van der Waals surface area contributed by atoms with Gasteiger partial charge < -0.3 is 9.88 Å². The van der Waals surface area contributed by atoms with Gasteiger partial charge in [-0.25, -0.2) is 14.4 Å². The van der Waals surface area contributed by atoms with Crippen molar-refractivity contribution in [2.45, 2.75) is 39.2 Å². The van der Waals surface area contributed by atoms with Gasteiger partial charge in [-0.15, -0.1) is 11.3 Å². The molecule has 1 saturated heterocycles. The van der Waals surface area contributed by atoms with Crippen molar-refractivity contribution in [3.05, 3.63) is 45.4 Å². The van der Waals surface area contributed by atoms with Crippen LogP contribution in [0.15, 0.2) is 18.2 Å². The number of amides is 1. The third-order valence-corrected chi connectivity index (χ3v) is 5.70. The van der Waals surface area contributed by atoms with Crippen molar-refractivity contribution in [2.75, 3.05) is 6.54 Å². The minimum absolute atomic E-state index is 0.0134. The molecule has 3 aromatic rings. The van der Waals surface area contributed by atoms with E-state index in [9.17, 15) is 9.18 Å². The third kappa shape index (κ3) is 2.93. The SMILES string of the molecule is Cc1nc(C)c(C(=O)N2CCCCC2c2nc3ccc(F)cc3[nH]2)s1. The van der Waals surface area contributed by atoms with E-state index in [0.29, 0.717) is 16.9 Å². The second kappa shape index (κ2) is 6.22. The first-order valence-electron chi connectivity index (χ1n) is 8.43. The number of thiazole rings is 1. The number of aryl methyl sites for hydroxylation is 2. The fourth-order valence-electron chi connectivity index (χ4n) is 3.48. The predicted molar refractivity (Wildman–Crippen MR) is 95.3 cm³/mol. The molecule has 4 rings (SSSR count). The van der Waals surface area contributed by atoms with Crippen molar-refractivity contribution in [2.24, 2.45) is 0 Å². The summed E-state index contributed by atoms with van der Waals surface area (Å²) in [5.74, 6) is 0.446. The van der Waals surface area contributed by atoms with Crippen molar-refractivity contribution < 1.29 is 9.18 Å². The van der Waals surface area contributed by atoms with E-state index in [1.807, 2.05) is 18.7 Å². The average Bonchev–Trinajstić information content (AvgIpc) is 3.16. The molecule has 1 aliphatic rings. The number of carbonyl (C=O) groups is 1. The van der Waals surface area contributed by atoms with Crippen LogP contribution in [0, 0.1) is 19.7 Å². The summed E-state index contributed by atoms with van der Waals surface area (Å²) >= 11 is 1.44. The maximum atomic E-state index is 13.4. The number of carbonyl (C=O) groups excluding carboxylic acids is 1. The molecule has 5 nitrogen and oxygen atoms in total. The predicted octanol–water partition coefficient (Wildman–Crippen LogP) is 4.14. The summed E-state index contributed by atoms with van der Waals surface area (Å²) in [7, 11) is 0. The lowest BCUT2D eigenvalue weighted by Crippen LogP contribution is -2.38. The summed E-state index contributed by atoms with van der Waals surface area (Å²) < 4.78 is 13.4. The Morgan fingerprint density at radius 3 is 2.92 bits per heavy atom. The molecule has 0 spiro atoms. The van der Waals surface area contributed by atoms with E-state index in [4.69, 9.17) is 0 Å². The summed E-state index contributed by atoms with van der Waals surface area (Å²) in [6.45, 7) is 4.49. The number of aromatic nitrogens is 3. The van der Waals surface area contributed by atoms with Crippen LogP contribution in [-0.2, 0) is 0 Å².